The highest BCUT2D eigenvalue weighted by atomic mass is 19.1. The van der Waals surface area contributed by atoms with Gasteiger partial charge in [-0.25, -0.2) is 9.37 Å². The molecule has 0 spiro atoms. The lowest BCUT2D eigenvalue weighted by Gasteiger charge is -2.25. The van der Waals surface area contributed by atoms with E-state index < -0.39 is 6.10 Å². The minimum atomic E-state index is -0.582. The van der Waals surface area contributed by atoms with Gasteiger partial charge in [-0.3, -0.25) is 4.79 Å². The second-order valence-corrected chi connectivity index (χ2v) is 6.06. The fourth-order valence-electron chi connectivity index (χ4n) is 3.25. The first kappa shape index (κ1) is 14.8. The second-order valence-electron chi connectivity index (χ2n) is 6.06. The molecule has 1 aliphatic rings. The number of likely N-dealkylation sites (tertiary alicyclic amines) is 1. The standard InChI is InChI=1S/C18H16FN3O2/c19-14-4-1-12(2-5-14)17-7-16(23)10-22(17)18(24)13-3-6-15-8-20-11-21(15)9-13/h1-6,8-9,11,16-17,23H,7,10H2. The summed E-state index contributed by atoms with van der Waals surface area (Å²) in [5, 5.41) is 10.0. The molecule has 1 amide bonds. The predicted octanol–water partition coefficient (Wildman–Crippen LogP) is 2.42. The Labute approximate surface area is 138 Å². The van der Waals surface area contributed by atoms with Crippen molar-refractivity contribution in [3.63, 3.8) is 0 Å². The van der Waals surface area contributed by atoms with E-state index in [0.717, 1.165) is 11.1 Å². The molecular formula is C18H16FN3O2. The van der Waals surface area contributed by atoms with Crippen LogP contribution in [0.25, 0.3) is 5.52 Å². The highest BCUT2D eigenvalue weighted by molar-refractivity contribution is 5.94. The zero-order valence-corrected chi connectivity index (χ0v) is 12.8. The lowest BCUT2D eigenvalue weighted by atomic mass is 10.0. The number of fused-ring (bicyclic) bond motifs is 1. The van der Waals surface area contributed by atoms with Gasteiger partial charge < -0.3 is 14.4 Å². The predicted molar refractivity (Wildman–Crippen MR) is 86.0 cm³/mol. The Morgan fingerprint density at radius 3 is 2.79 bits per heavy atom. The van der Waals surface area contributed by atoms with E-state index in [0.29, 0.717) is 12.0 Å². The molecule has 24 heavy (non-hydrogen) atoms. The summed E-state index contributed by atoms with van der Waals surface area (Å²) in [5.74, 6) is -0.475. The van der Waals surface area contributed by atoms with Crippen LogP contribution in [0.4, 0.5) is 4.39 Å². The van der Waals surface area contributed by atoms with Gasteiger partial charge in [0.1, 0.15) is 5.82 Å². The maximum atomic E-state index is 13.2. The van der Waals surface area contributed by atoms with E-state index in [-0.39, 0.29) is 24.3 Å². The third-order valence-corrected chi connectivity index (χ3v) is 4.45. The number of β-amino-alcohol motifs (C(OH)–C–C–N with tert-alkyl or cyclic N) is 1. The first-order chi connectivity index (χ1) is 11.6. The van der Waals surface area contributed by atoms with Gasteiger partial charge in [0.05, 0.1) is 35.8 Å². The van der Waals surface area contributed by atoms with Crippen molar-refractivity contribution in [3.8, 4) is 0 Å². The van der Waals surface area contributed by atoms with E-state index >= 15 is 0 Å². The van der Waals surface area contributed by atoms with E-state index in [4.69, 9.17) is 0 Å². The highest BCUT2D eigenvalue weighted by Crippen LogP contribution is 2.33. The lowest BCUT2D eigenvalue weighted by Crippen LogP contribution is -2.32. The van der Waals surface area contributed by atoms with E-state index in [9.17, 15) is 14.3 Å². The number of aliphatic hydroxyl groups excluding tert-OH is 1. The molecule has 0 aliphatic carbocycles. The molecule has 1 fully saturated rings. The smallest absolute Gasteiger partial charge is 0.255 e. The first-order valence-corrected chi connectivity index (χ1v) is 7.78. The molecule has 4 rings (SSSR count). The van der Waals surface area contributed by atoms with Crippen molar-refractivity contribution >= 4 is 11.4 Å². The molecule has 1 N–H and O–H groups in total. The molecule has 0 bridgehead atoms. The monoisotopic (exact) mass is 325 g/mol. The molecule has 5 nitrogen and oxygen atoms in total. The Morgan fingerprint density at radius 1 is 1.21 bits per heavy atom. The van der Waals surface area contributed by atoms with Crippen molar-refractivity contribution in [1.82, 2.24) is 14.3 Å². The zero-order valence-electron chi connectivity index (χ0n) is 12.8. The zero-order chi connectivity index (χ0) is 16.7. The molecule has 0 saturated carbocycles. The summed E-state index contributed by atoms with van der Waals surface area (Å²) in [7, 11) is 0. The number of hydrogen-bond acceptors (Lipinski definition) is 3. The molecule has 1 aliphatic heterocycles. The molecule has 2 aromatic heterocycles. The normalized spacial score (nSPS) is 20.7. The van der Waals surface area contributed by atoms with Crippen molar-refractivity contribution in [1.29, 1.82) is 0 Å². The van der Waals surface area contributed by atoms with Crippen LogP contribution in [0, 0.1) is 5.82 Å². The molecule has 1 aromatic carbocycles. The minimum absolute atomic E-state index is 0.156. The number of halogens is 1. The number of aliphatic hydroxyl groups is 1. The number of aromatic nitrogens is 2. The van der Waals surface area contributed by atoms with Crippen LogP contribution in [0.15, 0.2) is 55.1 Å². The van der Waals surface area contributed by atoms with Crippen LogP contribution in [-0.2, 0) is 0 Å². The number of amides is 1. The van der Waals surface area contributed by atoms with Crippen molar-refractivity contribution in [2.75, 3.05) is 6.54 Å². The minimum Gasteiger partial charge on any atom is -0.391 e. The van der Waals surface area contributed by atoms with E-state index in [1.54, 1.807) is 46.2 Å². The van der Waals surface area contributed by atoms with Gasteiger partial charge in [0.25, 0.3) is 5.91 Å². The van der Waals surface area contributed by atoms with Gasteiger partial charge in [0.2, 0.25) is 0 Å². The molecule has 3 heterocycles. The first-order valence-electron chi connectivity index (χ1n) is 7.78. The molecule has 2 unspecified atom stereocenters. The quantitative estimate of drug-likeness (QED) is 0.787. The van der Waals surface area contributed by atoms with Gasteiger partial charge in [-0.15, -0.1) is 0 Å². The van der Waals surface area contributed by atoms with Crippen LogP contribution in [0.5, 0.6) is 0 Å². The average molecular weight is 325 g/mol. The third-order valence-electron chi connectivity index (χ3n) is 4.45. The number of carbonyl (C=O) groups is 1. The molecular weight excluding hydrogens is 309 g/mol. The number of carbonyl (C=O) groups excluding carboxylic acids is 1. The van der Waals surface area contributed by atoms with Gasteiger partial charge in [0, 0.05) is 12.7 Å². The van der Waals surface area contributed by atoms with E-state index in [2.05, 4.69) is 4.98 Å². The second kappa shape index (κ2) is 5.72. The summed E-state index contributed by atoms with van der Waals surface area (Å²) in [5.41, 5.74) is 2.26. The average Bonchev–Trinajstić information content (AvgIpc) is 3.20. The Balaban J connectivity index is 1.67. The molecule has 0 radical (unpaired) electrons. The largest absolute Gasteiger partial charge is 0.391 e. The molecule has 1 saturated heterocycles. The maximum Gasteiger partial charge on any atom is 0.255 e. The van der Waals surface area contributed by atoms with Crippen LogP contribution in [0.2, 0.25) is 0 Å². The summed E-state index contributed by atoms with van der Waals surface area (Å²) < 4.78 is 14.9. The van der Waals surface area contributed by atoms with Crippen LogP contribution >= 0.6 is 0 Å². The van der Waals surface area contributed by atoms with Crippen LogP contribution in [0.1, 0.15) is 28.4 Å². The maximum absolute atomic E-state index is 13.2. The number of rotatable bonds is 2. The summed E-state index contributed by atoms with van der Waals surface area (Å²) in [6.45, 7) is 0.267. The van der Waals surface area contributed by atoms with Gasteiger partial charge in [-0.2, -0.15) is 0 Å². The highest BCUT2D eigenvalue weighted by Gasteiger charge is 2.35. The van der Waals surface area contributed by atoms with Crippen LogP contribution < -0.4 is 0 Å². The number of benzene rings is 1. The number of pyridine rings is 1. The fourth-order valence-corrected chi connectivity index (χ4v) is 3.25. The number of hydrogen-bond donors (Lipinski definition) is 1. The summed E-state index contributed by atoms with van der Waals surface area (Å²) >= 11 is 0. The Kier molecular flexibility index (Phi) is 3.54. The summed E-state index contributed by atoms with van der Waals surface area (Å²) in [6.07, 6.45) is 4.96. The molecule has 3 aromatic rings. The number of imidazole rings is 1. The lowest BCUT2D eigenvalue weighted by molar-refractivity contribution is 0.0715. The Morgan fingerprint density at radius 2 is 2.00 bits per heavy atom. The van der Waals surface area contributed by atoms with Gasteiger partial charge in [-0.05, 0) is 36.2 Å². The third kappa shape index (κ3) is 2.55. The Hall–Kier alpha value is -2.73. The van der Waals surface area contributed by atoms with Gasteiger partial charge >= 0.3 is 0 Å². The SMILES string of the molecule is O=C(c1ccc2cncn2c1)N1CC(O)CC1c1ccc(F)cc1. The topological polar surface area (TPSA) is 57.8 Å². The Bertz CT molecular complexity index is 891. The van der Waals surface area contributed by atoms with Crippen molar-refractivity contribution in [2.24, 2.45) is 0 Å². The van der Waals surface area contributed by atoms with Crippen LogP contribution in [0.3, 0.4) is 0 Å². The molecule has 6 heteroatoms. The summed E-state index contributed by atoms with van der Waals surface area (Å²) in [6, 6.07) is 9.41. The van der Waals surface area contributed by atoms with Crippen LogP contribution in [-0.4, -0.2) is 37.9 Å². The van der Waals surface area contributed by atoms with Crippen molar-refractivity contribution < 1.29 is 14.3 Å². The van der Waals surface area contributed by atoms with Gasteiger partial charge in [-0.1, -0.05) is 12.1 Å². The molecule has 2 atom stereocenters. The fraction of sp³-hybridized carbons (Fsp3) is 0.222. The summed E-state index contributed by atoms with van der Waals surface area (Å²) in [4.78, 5) is 18.6. The van der Waals surface area contributed by atoms with E-state index in [1.807, 2.05) is 6.07 Å². The van der Waals surface area contributed by atoms with Crippen molar-refractivity contribution in [2.45, 2.75) is 18.6 Å². The number of nitrogens with zero attached hydrogens (tertiary/aromatic N) is 3. The molecule has 122 valence electrons. The van der Waals surface area contributed by atoms with Gasteiger partial charge in [0.15, 0.2) is 0 Å². The van der Waals surface area contributed by atoms with E-state index in [1.165, 1.54) is 12.1 Å². The van der Waals surface area contributed by atoms with Crippen molar-refractivity contribution in [3.05, 3.63) is 72.1 Å².